The molecule has 1 amide bonds. The molecule has 7 nitrogen and oxygen atoms in total. The number of guanidine groups is 1. The molecule has 1 unspecified atom stereocenters. The third kappa shape index (κ3) is 8.23. The number of carbonyl (C=O) groups excluding carboxylic acids is 2. The fourth-order valence-corrected chi connectivity index (χ4v) is 3.70. The summed E-state index contributed by atoms with van der Waals surface area (Å²) in [5, 5.41) is 6.72. The van der Waals surface area contributed by atoms with Crippen LogP contribution in [0, 0.1) is 5.92 Å². The summed E-state index contributed by atoms with van der Waals surface area (Å²) >= 11 is 0. The Hall–Kier alpha value is -1.06. The van der Waals surface area contributed by atoms with Crippen molar-refractivity contribution in [1.82, 2.24) is 15.5 Å². The summed E-state index contributed by atoms with van der Waals surface area (Å²) in [5.74, 6) is 1.23. The van der Waals surface area contributed by atoms with Gasteiger partial charge in [0.25, 0.3) is 0 Å². The van der Waals surface area contributed by atoms with Crippen LogP contribution in [0.3, 0.4) is 0 Å². The number of methoxy groups -OCH3 is 1. The number of unbranched alkanes of at least 4 members (excludes halogenated alkanes) is 1. The van der Waals surface area contributed by atoms with Crippen molar-refractivity contribution >= 4 is 41.8 Å². The lowest BCUT2D eigenvalue weighted by Gasteiger charge is -2.21. The first-order valence-electron chi connectivity index (χ1n) is 10.0. The zero-order valence-corrected chi connectivity index (χ0v) is 19.0. The van der Waals surface area contributed by atoms with E-state index >= 15 is 0 Å². The van der Waals surface area contributed by atoms with Gasteiger partial charge in [-0.25, -0.2) is 0 Å². The van der Waals surface area contributed by atoms with Crippen molar-refractivity contribution in [2.45, 2.75) is 64.3 Å². The van der Waals surface area contributed by atoms with E-state index in [1.54, 1.807) is 0 Å². The number of nitrogens with zero attached hydrogens (tertiary/aromatic N) is 2. The van der Waals surface area contributed by atoms with Gasteiger partial charge in [0.1, 0.15) is 0 Å². The predicted octanol–water partition coefficient (Wildman–Crippen LogP) is 2.29. The van der Waals surface area contributed by atoms with E-state index in [2.05, 4.69) is 20.4 Å². The second-order valence-electron chi connectivity index (χ2n) is 7.19. The highest BCUT2D eigenvalue weighted by molar-refractivity contribution is 14.0. The second kappa shape index (κ2) is 13.2. The molecule has 0 aromatic carbocycles. The first-order valence-corrected chi connectivity index (χ1v) is 10.0. The van der Waals surface area contributed by atoms with Gasteiger partial charge in [-0.05, 0) is 39.0 Å². The monoisotopic (exact) mass is 494 g/mol. The maximum absolute atomic E-state index is 12.5. The predicted molar refractivity (Wildman–Crippen MR) is 117 cm³/mol. The zero-order valence-electron chi connectivity index (χ0n) is 16.7. The van der Waals surface area contributed by atoms with Gasteiger partial charge >= 0.3 is 5.97 Å². The Balaban J connectivity index is 0.00000364. The number of likely N-dealkylation sites (tertiary alicyclic amines) is 1. The first kappa shape index (κ1) is 24.0. The number of hydrogen-bond acceptors (Lipinski definition) is 4. The summed E-state index contributed by atoms with van der Waals surface area (Å²) in [4.78, 5) is 30.3. The molecule has 1 heterocycles. The Morgan fingerprint density at radius 1 is 1.19 bits per heavy atom. The number of rotatable bonds is 8. The number of halogens is 1. The Morgan fingerprint density at radius 3 is 2.59 bits per heavy atom. The van der Waals surface area contributed by atoms with Gasteiger partial charge in [0.15, 0.2) is 5.96 Å². The van der Waals surface area contributed by atoms with E-state index in [-0.39, 0.29) is 41.9 Å². The van der Waals surface area contributed by atoms with Gasteiger partial charge in [-0.15, -0.1) is 24.0 Å². The highest BCUT2D eigenvalue weighted by Gasteiger charge is 2.32. The minimum Gasteiger partial charge on any atom is -0.469 e. The van der Waals surface area contributed by atoms with E-state index in [4.69, 9.17) is 0 Å². The van der Waals surface area contributed by atoms with Gasteiger partial charge in [0.05, 0.1) is 7.11 Å². The average molecular weight is 494 g/mol. The normalized spacial score (nSPS) is 20.3. The smallest absolute Gasteiger partial charge is 0.305 e. The Kier molecular flexibility index (Phi) is 11.7. The van der Waals surface area contributed by atoms with E-state index in [1.165, 1.54) is 20.0 Å². The number of carbonyl (C=O) groups is 2. The van der Waals surface area contributed by atoms with Crippen molar-refractivity contribution in [3.63, 3.8) is 0 Å². The van der Waals surface area contributed by atoms with Gasteiger partial charge in [0, 0.05) is 44.6 Å². The van der Waals surface area contributed by atoms with Crippen LogP contribution in [-0.2, 0) is 14.3 Å². The number of aliphatic imine (C=N–C) groups is 1. The lowest BCUT2D eigenvalue weighted by Crippen LogP contribution is -2.45. The number of ether oxygens (including phenoxy) is 1. The van der Waals surface area contributed by atoms with E-state index in [0.717, 1.165) is 57.7 Å². The van der Waals surface area contributed by atoms with Crippen molar-refractivity contribution in [3.8, 4) is 0 Å². The molecule has 0 spiro atoms. The standard InChI is InChI=1S/C19H34N4O3.HI/c1-3-20-19(21-12-7-6-10-17(24)26-2)22-16-11-13-23(14-16)18(25)15-8-4-5-9-15;/h15-16H,3-14H2,1-2H3,(H2,20,21,22);1H. The van der Waals surface area contributed by atoms with Crippen molar-refractivity contribution in [2.24, 2.45) is 10.9 Å². The molecule has 2 rings (SSSR count). The Labute approximate surface area is 180 Å². The highest BCUT2D eigenvalue weighted by Crippen LogP contribution is 2.27. The third-order valence-corrected chi connectivity index (χ3v) is 5.18. The van der Waals surface area contributed by atoms with Crippen LogP contribution in [0.25, 0.3) is 0 Å². The Morgan fingerprint density at radius 2 is 1.93 bits per heavy atom. The molecule has 0 aromatic rings. The van der Waals surface area contributed by atoms with Crippen LogP contribution in [0.2, 0.25) is 0 Å². The number of nitrogens with one attached hydrogen (secondary N) is 2. The molecule has 2 aliphatic rings. The summed E-state index contributed by atoms with van der Waals surface area (Å²) in [6.07, 6.45) is 7.54. The van der Waals surface area contributed by atoms with Crippen molar-refractivity contribution in [3.05, 3.63) is 0 Å². The molecule has 1 saturated carbocycles. The van der Waals surface area contributed by atoms with Crippen LogP contribution in [0.1, 0.15) is 58.3 Å². The molecule has 1 aliphatic heterocycles. The fourth-order valence-electron chi connectivity index (χ4n) is 3.70. The van der Waals surface area contributed by atoms with Crippen LogP contribution >= 0.6 is 24.0 Å². The summed E-state index contributed by atoms with van der Waals surface area (Å²) in [6.45, 7) is 5.11. The van der Waals surface area contributed by atoms with Gasteiger partial charge < -0.3 is 20.3 Å². The zero-order chi connectivity index (χ0) is 18.8. The molecule has 27 heavy (non-hydrogen) atoms. The minimum atomic E-state index is -0.169. The summed E-state index contributed by atoms with van der Waals surface area (Å²) < 4.78 is 4.64. The highest BCUT2D eigenvalue weighted by atomic mass is 127. The molecule has 0 aromatic heterocycles. The number of hydrogen-bond donors (Lipinski definition) is 2. The molecule has 0 radical (unpaired) electrons. The molecule has 8 heteroatoms. The van der Waals surface area contributed by atoms with Gasteiger partial charge in [0.2, 0.25) is 5.91 Å². The van der Waals surface area contributed by atoms with Crippen molar-refractivity contribution in [1.29, 1.82) is 0 Å². The molecule has 1 saturated heterocycles. The lowest BCUT2D eigenvalue weighted by molar-refractivity contribution is -0.140. The maximum Gasteiger partial charge on any atom is 0.305 e. The summed E-state index contributed by atoms with van der Waals surface area (Å²) in [6, 6.07) is 0.258. The van der Waals surface area contributed by atoms with E-state index in [0.29, 0.717) is 18.9 Å². The summed E-state index contributed by atoms with van der Waals surface area (Å²) in [5.41, 5.74) is 0. The molecule has 2 N–H and O–H groups in total. The second-order valence-corrected chi connectivity index (χ2v) is 7.19. The quantitative estimate of drug-likeness (QED) is 0.178. The van der Waals surface area contributed by atoms with Crippen LogP contribution in [0.15, 0.2) is 4.99 Å². The average Bonchev–Trinajstić information content (AvgIpc) is 3.32. The van der Waals surface area contributed by atoms with Crippen molar-refractivity contribution < 1.29 is 14.3 Å². The SMILES string of the molecule is CCNC(=NCCCCC(=O)OC)NC1CCN(C(=O)C2CCCC2)C1.I. The van der Waals surface area contributed by atoms with Crippen LogP contribution in [-0.4, -0.2) is 62.1 Å². The number of esters is 1. The number of amides is 1. The molecule has 1 aliphatic carbocycles. The maximum atomic E-state index is 12.5. The molecular weight excluding hydrogens is 459 g/mol. The molecule has 156 valence electrons. The largest absolute Gasteiger partial charge is 0.469 e. The molecule has 0 bridgehead atoms. The fraction of sp³-hybridized carbons (Fsp3) is 0.842. The molecule has 1 atom stereocenters. The summed E-state index contributed by atoms with van der Waals surface area (Å²) in [7, 11) is 1.41. The van der Waals surface area contributed by atoms with E-state index < -0.39 is 0 Å². The van der Waals surface area contributed by atoms with Crippen LogP contribution < -0.4 is 10.6 Å². The Bertz CT molecular complexity index is 495. The van der Waals surface area contributed by atoms with Crippen LogP contribution in [0.4, 0.5) is 0 Å². The third-order valence-electron chi connectivity index (χ3n) is 5.18. The minimum absolute atomic E-state index is 0. The first-order chi connectivity index (χ1) is 12.6. The molecule has 2 fully saturated rings. The van der Waals surface area contributed by atoms with E-state index in [9.17, 15) is 9.59 Å². The van der Waals surface area contributed by atoms with E-state index in [1.807, 2.05) is 11.8 Å². The molecular formula is C19H35IN4O3. The van der Waals surface area contributed by atoms with Crippen LogP contribution in [0.5, 0.6) is 0 Å². The van der Waals surface area contributed by atoms with Crippen molar-refractivity contribution in [2.75, 3.05) is 33.3 Å². The topological polar surface area (TPSA) is 83.0 Å². The van der Waals surface area contributed by atoms with Gasteiger partial charge in [-0.3, -0.25) is 14.6 Å². The van der Waals surface area contributed by atoms with Gasteiger partial charge in [-0.1, -0.05) is 12.8 Å². The van der Waals surface area contributed by atoms with Gasteiger partial charge in [-0.2, -0.15) is 0 Å². The lowest BCUT2D eigenvalue weighted by atomic mass is 10.1.